The van der Waals surface area contributed by atoms with E-state index in [1.807, 2.05) is 20.9 Å². The molecule has 0 aliphatic heterocycles. The smallest absolute Gasteiger partial charge is 0.408 e. The van der Waals surface area contributed by atoms with Crippen molar-refractivity contribution in [1.82, 2.24) is 10.6 Å². The van der Waals surface area contributed by atoms with Gasteiger partial charge in [0.1, 0.15) is 11.6 Å². The van der Waals surface area contributed by atoms with Crippen molar-refractivity contribution in [2.75, 3.05) is 13.6 Å². The van der Waals surface area contributed by atoms with Crippen molar-refractivity contribution in [3.8, 4) is 0 Å². The molecule has 0 aromatic heterocycles. The number of carbonyl (C=O) groups excluding carboxylic acids is 2. The van der Waals surface area contributed by atoms with E-state index in [1.54, 1.807) is 20.8 Å². The van der Waals surface area contributed by atoms with Crippen LogP contribution in [0, 0.1) is 0 Å². The molecule has 0 fully saturated rings. The summed E-state index contributed by atoms with van der Waals surface area (Å²) in [6.07, 6.45) is 1.65. The van der Waals surface area contributed by atoms with Gasteiger partial charge in [-0.1, -0.05) is 13.8 Å². The second kappa shape index (κ2) is 11.5. The zero-order chi connectivity index (χ0) is 16.2. The van der Waals surface area contributed by atoms with Gasteiger partial charge >= 0.3 is 6.09 Å². The molecule has 120 valence electrons. The van der Waals surface area contributed by atoms with E-state index in [1.165, 1.54) is 0 Å². The summed E-state index contributed by atoms with van der Waals surface area (Å²) in [6.45, 7) is 10.2. The molecule has 0 bridgehead atoms. The fourth-order valence-corrected chi connectivity index (χ4v) is 1.39. The normalized spacial score (nSPS) is 11.9. The van der Waals surface area contributed by atoms with E-state index >= 15 is 0 Å². The Hall–Kier alpha value is -1.30. The molecule has 1 unspecified atom stereocenters. The number of amides is 2. The lowest BCUT2D eigenvalue weighted by atomic mass is 10.1. The third kappa shape index (κ3) is 13.1. The number of nitrogens with one attached hydrogen (secondary N) is 2. The third-order valence-electron chi connectivity index (χ3n) is 2.20. The van der Waals surface area contributed by atoms with E-state index in [4.69, 9.17) is 10.5 Å². The zero-order valence-electron chi connectivity index (χ0n) is 13.7. The molecular formula is C14H31N3O3. The predicted octanol–water partition coefficient (Wildman–Crippen LogP) is 1.78. The maximum absolute atomic E-state index is 11.5. The molecule has 6 nitrogen and oxygen atoms in total. The van der Waals surface area contributed by atoms with Crippen molar-refractivity contribution in [3.05, 3.63) is 0 Å². The highest BCUT2D eigenvalue weighted by Crippen LogP contribution is 2.08. The SMILES string of the molecule is CC.CNCCCCC(NC(=O)OC(C)(C)C)C(N)=O. The Bertz CT molecular complexity index is 275. The van der Waals surface area contributed by atoms with Gasteiger partial charge in [0, 0.05) is 0 Å². The molecule has 0 aliphatic carbocycles. The van der Waals surface area contributed by atoms with Crippen LogP contribution in [0.4, 0.5) is 4.79 Å². The number of hydrogen-bond donors (Lipinski definition) is 3. The molecule has 1 atom stereocenters. The van der Waals surface area contributed by atoms with Crippen LogP contribution >= 0.6 is 0 Å². The largest absolute Gasteiger partial charge is 0.444 e. The van der Waals surface area contributed by atoms with Gasteiger partial charge in [-0.3, -0.25) is 4.79 Å². The number of primary amides is 1. The fraction of sp³-hybridized carbons (Fsp3) is 0.857. The zero-order valence-corrected chi connectivity index (χ0v) is 13.7. The van der Waals surface area contributed by atoms with Crippen molar-refractivity contribution in [2.24, 2.45) is 5.73 Å². The quantitative estimate of drug-likeness (QED) is 0.623. The van der Waals surface area contributed by atoms with E-state index in [0.717, 1.165) is 19.4 Å². The minimum Gasteiger partial charge on any atom is -0.444 e. The van der Waals surface area contributed by atoms with E-state index in [9.17, 15) is 9.59 Å². The van der Waals surface area contributed by atoms with Gasteiger partial charge in [-0.05, 0) is 53.6 Å². The van der Waals surface area contributed by atoms with Crippen molar-refractivity contribution in [1.29, 1.82) is 0 Å². The molecule has 0 aromatic carbocycles. The number of hydrogen-bond acceptors (Lipinski definition) is 4. The summed E-state index contributed by atoms with van der Waals surface area (Å²) in [5.74, 6) is -0.537. The molecule has 4 N–H and O–H groups in total. The minimum atomic E-state index is -0.670. The molecule has 0 aliphatic rings. The number of nitrogens with two attached hydrogens (primary N) is 1. The first-order chi connectivity index (χ1) is 9.26. The summed E-state index contributed by atoms with van der Waals surface area (Å²) in [5.41, 5.74) is 4.65. The second-order valence-electron chi connectivity index (χ2n) is 5.20. The Morgan fingerprint density at radius 3 is 2.15 bits per heavy atom. The Morgan fingerprint density at radius 2 is 1.75 bits per heavy atom. The molecule has 20 heavy (non-hydrogen) atoms. The summed E-state index contributed by atoms with van der Waals surface area (Å²) in [6, 6.07) is -0.670. The Balaban J connectivity index is 0. The van der Waals surface area contributed by atoms with Crippen LogP contribution < -0.4 is 16.4 Å². The Morgan fingerprint density at radius 1 is 1.20 bits per heavy atom. The van der Waals surface area contributed by atoms with Gasteiger partial charge in [-0.15, -0.1) is 0 Å². The van der Waals surface area contributed by atoms with E-state index in [2.05, 4.69) is 10.6 Å². The highest BCUT2D eigenvalue weighted by atomic mass is 16.6. The first-order valence-corrected chi connectivity index (χ1v) is 7.19. The monoisotopic (exact) mass is 289 g/mol. The van der Waals surface area contributed by atoms with Crippen molar-refractivity contribution < 1.29 is 14.3 Å². The van der Waals surface area contributed by atoms with Crippen LogP contribution in [0.5, 0.6) is 0 Å². The molecular weight excluding hydrogens is 258 g/mol. The average Bonchev–Trinajstić information content (AvgIpc) is 2.33. The van der Waals surface area contributed by atoms with Gasteiger partial charge in [-0.2, -0.15) is 0 Å². The van der Waals surface area contributed by atoms with Crippen molar-refractivity contribution >= 4 is 12.0 Å². The van der Waals surface area contributed by atoms with Gasteiger partial charge in [0.15, 0.2) is 0 Å². The fourth-order valence-electron chi connectivity index (χ4n) is 1.39. The second-order valence-corrected chi connectivity index (χ2v) is 5.20. The summed E-state index contributed by atoms with van der Waals surface area (Å²) in [5, 5.41) is 5.51. The topological polar surface area (TPSA) is 93.4 Å². The summed E-state index contributed by atoms with van der Waals surface area (Å²) < 4.78 is 5.08. The van der Waals surface area contributed by atoms with Crippen molar-refractivity contribution in [3.63, 3.8) is 0 Å². The van der Waals surface area contributed by atoms with Crippen LogP contribution in [-0.2, 0) is 9.53 Å². The van der Waals surface area contributed by atoms with Crippen molar-refractivity contribution in [2.45, 2.75) is 65.5 Å². The molecule has 0 rings (SSSR count). The maximum atomic E-state index is 11.5. The lowest BCUT2D eigenvalue weighted by molar-refractivity contribution is -0.120. The van der Waals surface area contributed by atoms with Crippen LogP contribution in [0.3, 0.4) is 0 Å². The van der Waals surface area contributed by atoms with Crippen LogP contribution in [0.1, 0.15) is 53.9 Å². The minimum absolute atomic E-state index is 0.524. The summed E-state index contributed by atoms with van der Waals surface area (Å²) in [7, 11) is 1.87. The highest BCUT2D eigenvalue weighted by Gasteiger charge is 2.22. The molecule has 0 saturated carbocycles. The molecule has 0 radical (unpaired) electrons. The molecule has 0 heterocycles. The molecule has 0 aromatic rings. The molecule has 0 saturated heterocycles. The highest BCUT2D eigenvalue weighted by molar-refractivity contribution is 5.84. The number of unbranched alkanes of at least 4 members (excludes halogenated alkanes) is 1. The van der Waals surface area contributed by atoms with E-state index in [-0.39, 0.29) is 0 Å². The van der Waals surface area contributed by atoms with Crippen LogP contribution in [-0.4, -0.2) is 37.2 Å². The number of ether oxygens (including phenoxy) is 1. The standard InChI is InChI=1S/C12H25N3O3.C2H6/c1-12(2,3)18-11(17)15-9(10(13)16)7-5-6-8-14-4;1-2/h9,14H,5-8H2,1-4H3,(H2,13,16)(H,15,17);1-2H3. The van der Waals surface area contributed by atoms with Crippen LogP contribution in [0.15, 0.2) is 0 Å². The molecule has 2 amide bonds. The van der Waals surface area contributed by atoms with Gasteiger partial charge in [0.05, 0.1) is 0 Å². The molecule has 6 heteroatoms. The number of rotatable bonds is 7. The van der Waals surface area contributed by atoms with Gasteiger partial charge in [0.25, 0.3) is 0 Å². The first-order valence-electron chi connectivity index (χ1n) is 7.19. The van der Waals surface area contributed by atoms with Crippen LogP contribution in [0.2, 0.25) is 0 Å². The number of carbonyl (C=O) groups is 2. The van der Waals surface area contributed by atoms with Gasteiger partial charge in [-0.25, -0.2) is 4.79 Å². The van der Waals surface area contributed by atoms with E-state index < -0.39 is 23.6 Å². The van der Waals surface area contributed by atoms with E-state index in [0.29, 0.717) is 6.42 Å². The lowest BCUT2D eigenvalue weighted by Gasteiger charge is -2.22. The number of alkyl carbamates (subject to hydrolysis) is 1. The van der Waals surface area contributed by atoms with Gasteiger partial charge < -0.3 is 21.1 Å². The Kier molecular flexibility index (Phi) is 12.1. The predicted molar refractivity (Wildman–Crippen MR) is 81.5 cm³/mol. The van der Waals surface area contributed by atoms with Crippen LogP contribution in [0.25, 0.3) is 0 Å². The first kappa shape index (κ1) is 21.0. The maximum Gasteiger partial charge on any atom is 0.408 e. The lowest BCUT2D eigenvalue weighted by Crippen LogP contribution is -2.46. The summed E-state index contributed by atoms with van der Waals surface area (Å²) >= 11 is 0. The third-order valence-corrected chi connectivity index (χ3v) is 2.20. The Labute approximate surface area is 122 Å². The molecule has 0 spiro atoms. The van der Waals surface area contributed by atoms with Gasteiger partial charge in [0.2, 0.25) is 5.91 Å². The summed E-state index contributed by atoms with van der Waals surface area (Å²) in [4.78, 5) is 22.7. The average molecular weight is 289 g/mol.